The van der Waals surface area contributed by atoms with E-state index in [0.717, 1.165) is 33.9 Å². The van der Waals surface area contributed by atoms with Crippen LogP contribution in [0.15, 0.2) is 29.0 Å². The van der Waals surface area contributed by atoms with Gasteiger partial charge in [0.15, 0.2) is 5.65 Å². The molecule has 0 aliphatic carbocycles. The van der Waals surface area contributed by atoms with E-state index >= 15 is 0 Å². The first-order valence-corrected chi connectivity index (χ1v) is 5.11. The SMILES string of the molecule is Cc1cc(-c2nc3nccc(C)c3[nH]2)co1. The van der Waals surface area contributed by atoms with Crippen LogP contribution in [0.5, 0.6) is 0 Å². The lowest BCUT2D eigenvalue weighted by Gasteiger charge is -1.90. The van der Waals surface area contributed by atoms with E-state index in [0.29, 0.717) is 0 Å². The van der Waals surface area contributed by atoms with E-state index in [1.807, 2.05) is 26.0 Å². The van der Waals surface area contributed by atoms with Crippen LogP contribution in [0.2, 0.25) is 0 Å². The number of pyridine rings is 1. The molecule has 3 aromatic rings. The number of rotatable bonds is 1. The minimum Gasteiger partial charge on any atom is -0.469 e. The van der Waals surface area contributed by atoms with Crippen LogP contribution in [-0.2, 0) is 0 Å². The zero-order valence-corrected chi connectivity index (χ0v) is 9.11. The molecule has 0 amide bonds. The van der Waals surface area contributed by atoms with Gasteiger partial charge in [-0.15, -0.1) is 0 Å². The van der Waals surface area contributed by atoms with Gasteiger partial charge in [-0.2, -0.15) is 0 Å². The molecule has 0 atom stereocenters. The maximum atomic E-state index is 5.26. The standard InChI is InChI=1S/C12H11N3O/c1-7-3-4-13-12-10(7)14-11(15-12)9-5-8(2)16-6-9/h3-6H,1-2H3,(H,13,14,15). The lowest BCUT2D eigenvalue weighted by atomic mass is 10.3. The van der Waals surface area contributed by atoms with Gasteiger partial charge in [0.2, 0.25) is 0 Å². The molecule has 0 bridgehead atoms. The van der Waals surface area contributed by atoms with E-state index in [4.69, 9.17) is 4.42 Å². The molecule has 3 aromatic heterocycles. The third-order valence-corrected chi connectivity index (χ3v) is 2.60. The van der Waals surface area contributed by atoms with Gasteiger partial charge in [0, 0.05) is 6.20 Å². The van der Waals surface area contributed by atoms with Gasteiger partial charge >= 0.3 is 0 Å². The summed E-state index contributed by atoms with van der Waals surface area (Å²) in [5, 5.41) is 0. The number of nitrogens with one attached hydrogen (secondary N) is 1. The van der Waals surface area contributed by atoms with Gasteiger partial charge in [-0.25, -0.2) is 9.97 Å². The van der Waals surface area contributed by atoms with E-state index in [1.54, 1.807) is 12.5 Å². The average Bonchev–Trinajstić information content (AvgIpc) is 2.84. The highest BCUT2D eigenvalue weighted by atomic mass is 16.3. The molecular formula is C12H11N3O. The van der Waals surface area contributed by atoms with Crippen molar-refractivity contribution in [3.05, 3.63) is 35.9 Å². The summed E-state index contributed by atoms with van der Waals surface area (Å²) >= 11 is 0. The molecule has 3 rings (SSSR count). The summed E-state index contributed by atoms with van der Waals surface area (Å²) in [7, 11) is 0. The maximum Gasteiger partial charge on any atom is 0.178 e. The monoisotopic (exact) mass is 213 g/mol. The first-order valence-electron chi connectivity index (χ1n) is 5.11. The Morgan fingerprint density at radius 2 is 2.19 bits per heavy atom. The second-order valence-corrected chi connectivity index (χ2v) is 3.86. The van der Waals surface area contributed by atoms with Crippen molar-refractivity contribution < 1.29 is 4.42 Å². The summed E-state index contributed by atoms with van der Waals surface area (Å²) in [6.45, 7) is 3.95. The highest BCUT2D eigenvalue weighted by Crippen LogP contribution is 2.22. The van der Waals surface area contributed by atoms with E-state index in [9.17, 15) is 0 Å². The van der Waals surface area contributed by atoms with E-state index < -0.39 is 0 Å². The van der Waals surface area contributed by atoms with E-state index in [1.165, 1.54) is 0 Å². The molecular weight excluding hydrogens is 202 g/mol. The number of nitrogens with zero attached hydrogens (tertiary/aromatic N) is 2. The van der Waals surface area contributed by atoms with Gasteiger partial charge < -0.3 is 9.40 Å². The summed E-state index contributed by atoms with van der Waals surface area (Å²) in [5.41, 5.74) is 3.82. The van der Waals surface area contributed by atoms with E-state index in [2.05, 4.69) is 15.0 Å². The molecule has 0 unspecified atom stereocenters. The molecule has 3 heterocycles. The van der Waals surface area contributed by atoms with Crippen molar-refractivity contribution in [3.63, 3.8) is 0 Å². The second-order valence-electron chi connectivity index (χ2n) is 3.86. The Kier molecular flexibility index (Phi) is 1.83. The fourth-order valence-electron chi connectivity index (χ4n) is 1.74. The van der Waals surface area contributed by atoms with Crippen LogP contribution in [0.4, 0.5) is 0 Å². The van der Waals surface area contributed by atoms with Crippen LogP contribution in [0.25, 0.3) is 22.6 Å². The van der Waals surface area contributed by atoms with Crippen LogP contribution >= 0.6 is 0 Å². The highest BCUT2D eigenvalue weighted by molar-refractivity contribution is 5.78. The Labute approximate surface area is 92.3 Å². The van der Waals surface area contributed by atoms with Crippen molar-refractivity contribution in [1.29, 1.82) is 0 Å². The van der Waals surface area contributed by atoms with Crippen LogP contribution in [0.1, 0.15) is 11.3 Å². The number of aryl methyl sites for hydroxylation is 2. The van der Waals surface area contributed by atoms with Crippen LogP contribution < -0.4 is 0 Å². The van der Waals surface area contributed by atoms with Gasteiger partial charge in [0.1, 0.15) is 17.8 Å². The fraction of sp³-hybridized carbons (Fsp3) is 0.167. The van der Waals surface area contributed by atoms with Crippen molar-refractivity contribution in [2.75, 3.05) is 0 Å². The lowest BCUT2D eigenvalue weighted by Crippen LogP contribution is -1.78. The molecule has 0 fully saturated rings. The number of furan rings is 1. The minimum absolute atomic E-state index is 0.744. The molecule has 0 radical (unpaired) electrons. The average molecular weight is 213 g/mol. The maximum absolute atomic E-state index is 5.26. The Balaban J connectivity index is 2.22. The Morgan fingerprint density at radius 3 is 2.88 bits per heavy atom. The van der Waals surface area contributed by atoms with Crippen molar-refractivity contribution in [3.8, 4) is 11.4 Å². The predicted molar refractivity (Wildman–Crippen MR) is 61.1 cm³/mol. The summed E-state index contributed by atoms with van der Waals surface area (Å²) in [6, 6.07) is 3.91. The zero-order chi connectivity index (χ0) is 11.1. The summed E-state index contributed by atoms with van der Waals surface area (Å²) in [6.07, 6.45) is 3.46. The molecule has 0 aromatic carbocycles. The van der Waals surface area contributed by atoms with Crippen LogP contribution in [0, 0.1) is 13.8 Å². The van der Waals surface area contributed by atoms with Crippen molar-refractivity contribution in [2.45, 2.75) is 13.8 Å². The zero-order valence-electron chi connectivity index (χ0n) is 9.11. The van der Waals surface area contributed by atoms with Gasteiger partial charge in [-0.1, -0.05) is 0 Å². The molecule has 0 aliphatic heterocycles. The molecule has 1 N–H and O–H groups in total. The predicted octanol–water partition coefficient (Wildman–Crippen LogP) is 2.83. The Bertz CT molecular complexity index is 651. The quantitative estimate of drug-likeness (QED) is 0.676. The summed E-state index contributed by atoms with van der Waals surface area (Å²) < 4.78 is 5.26. The van der Waals surface area contributed by atoms with Crippen molar-refractivity contribution in [1.82, 2.24) is 15.0 Å². The third kappa shape index (κ3) is 1.31. The highest BCUT2D eigenvalue weighted by Gasteiger charge is 2.09. The number of hydrogen-bond acceptors (Lipinski definition) is 3. The first kappa shape index (κ1) is 9.15. The number of hydrogen-bond donors (Lipinski definition) is 1. The van der Waals surface area contributed by atoms with Crippen molar-refractivity contribution in [2.24, 2.45) is 0 Å². The van der Waals surface area contributed by atoms with Gasteiger partial charge in [-0.3, -0.25) is 0 Å². The molecule has 80 valence electrons. The topological polar surface area (TPSA) is 54.7 Å². The Hall–Kier alpha value is -2.10. The molecule has 16 heavy (non-hydrogen) atoms. The van der Waals surface area contributed by atoms with Crippen LogP contribution in [0.3, 0.4) is 0 Å². The van der Waals surface area contributed by atoms with Gasteiger partial charge in [-0.05, 0) is 31.5 Å². The minimum atomic E-state index is 0.744. The number of H-pyrrole nitrogens is 1. The normalized spacial score (nSPS) is 11.1. The van der Waals surface area contributed by atoms with Gasteiger partial charge in [0.25, 0.3) is 0 Å². The number of imidazole rings is 1. The van der Waals surface area contributed by atoms with Crippen molar-refractivity contribution >= 4 is 11.2 Å². The largest absolute Gasteiger partial charge is 0.469 e. The fourth-order valence-corrected chi connectivity index (χ4v) is 1.74. The first-order chi connectivity index (χ1) is 7.74. The smallest absolute Gasteiger partial charge is 0.178 e. The third-order valence-electron chi connectivity index (χ3n) is 2.60. The summed E-state index contributed by atoms with van der Waals surface area (Å²) in [4.78, 5) is 11.9. The Morgan fingerprint density at radius 1 is 1.31 bits per heavy atom. The molecule has 0 saturated heterocycles. The van der Waals surface area contributed by atoms with Gasteiger partial charge in [0.05, 0.1) is 11.1 Å². The molecule has 0 saturated carbocycles. The lowest BCUT2D eigenvalue weighted by molar-refractivity contribution is 0.534. The number of fused-ring (bicyclic) bond motifs is 1. The molecule has 4 nitrogen and oxygen atoms in total. The molecule has 0 aliphatic rings. The van der Waals surface area contributed by atoms with Crippen LogP contribution in [-0.4, -0.2) is 15.0 Å². The molecule has 0 spiro atoms. The number of aromatic amines is 1. The number of aromatic nitrogens is 3. The summed E-state index contributed by atoms with van der Waals surface area (Å²) in [5.74, 6) is 1.67. The molecule has 4 heteroatoms. The van der Waals surface area contributed by atoms with E-state index in [-0.39, 0.29) is 0 Å². The second kappa shape index (κ2) is 3.20.